The zero-order valence-corrected chi connectivity index (χ0v) is 21.3. The first-order chi connectivity index (χ1) is 16.6. The van der Waals surface area contributed by atoms with Gasteiger partial charge in [0.2, 0.25) is 0 Å². The lowest BCUT2D eigenvalue weighted by molar-refractivity contribution is -0.0559. The number of carbonyl (C=O) groups is 1. The number of benzene rings is 1. The number of likely N-dealkylation sites (N-methyl/N-ethyl adjacent to an activating group) is 1. The normalized spacial score (nSPS) is 24.4. The van der Waals surface area contributed by atoms with Crippen molar-refractivity contribution in [3.63, 3.8) is 0 Å². The molecule has 2 amide bonds. The molecule has 1 aliphatic heterocycles. The van der Waals surface area contributed by atoms with Crippen LogP contribution in [-0.4, -0.2) is 48.8 Å². The highest BCUT2D eigenvalue weighted by Crippen LogP contribution is 2.42. The van der Waals surface area contributed by atoms with Gasteiger partial charge < -0.3 is 20.6 Å². The van der Waals surface area contributed by atoms with Crippen molar-refractivity contribution >= 4 is 6.03 Å². The maximum absolute atomic E-state index is 13.4. The number of amides is 2. The number of aliphatic hydroxyl groups is 1. The van der Waals surface area contributed by atoms with Crippen LogP contribution in [0.25, 0.3) is 0 Å². The van der Waals surface area contributed by atoms with Gasteiger partial charge in [0.15, 0.2) is 0 Å². The Morgan fingerprint density at radius 1 is 1.06 bits per heavy atom. The highest BCUT2D eigenvalue weighted by Gasteiger charge is 2.41. The van der Waals surface area contributed by atoms with E-state index >= 15 is 0 Å². The summed E-state index contributed by atoms with van der Waals surface area (Å²) in [5.74, 6) is 1.69. The summed E-state index contributed by atoms with van der Waals surface area (Å²) in [5, 5.41) is 18.7. The Morgan fingerprint density at radius 3 is 2.53 bits per heavy atom. The number of urea groups is 1. The van der Waals surface area contributed by atoms with E-state index in [-0.39, 0.29) is 18.0 Å². The Bertz CT molecular complexity index is 747. The van der Waals surface area contributed by atoms with E-state index in [4.69, 9.17) is 0 Å². The first-order valence-corrected chi connectivity index (χ1v) is 14.1. The predicted molar refractivity (Wildman–Crippen MR) is 139 cm³/mol. The lowest BCUT2D eigenvalue weighted by atomic mass is 9.74. The van der Waals surface area contributed by atoms with Gasteiger partial charge in [-0.1, -0.05) is 81.7 Å². The molecule has 2 aliphatic carbocycles. The minimum atomic E-state index is -0.860. The standard InChI is InChI=1S/C29H47N3O2/c1-30-21-27(20-24-10-4-2-5-11-24)31-28(33)32-19-9-15-26(22-32)29(34,18-8-12-23-16-17-23)25-13-6-3-7-14-25/h3,6-7,13-14,23-24,26-27,30,34H,2,4-5,8-12,15-22H2,1H3,(H,31,33)/t26-,27+,29?/m1/s1. The number of nitrogens with zero attached hydrogens (tertiary/aromatic N) is 1. The first-order valence-electron chi connectivity index (χ1n) is 14.1. The molecule has 3 atom stereocenters. The smallest absolute Gasteiger partial charge is 0.317 e. The molecular formula is C29H47N3O2. The van der Waals surface area contributed by atoms with Gasteiger partial charge in [0.25, 0.3) is 0 Å². The number of rotatable bonds is 11. The Balaban J connectivity index is 1.39. The first kappa shape index (κ1) is 25.5. The maximum Gasteiger partial charge on any atom is 0.317 e. The summed E-state index contributed by atoms with van der Waals surface area (Å²) in [6.07, 6.45) is 15.4. The zero-order valence-electron chi connectivity index (χ0n) is 21.3. The van der Waals surface area contributed by atoms with Gasteiger partial charge in [0.05, 0.1) is 5.60 Å². The molecule has 3 aliphatic rings. The van der Waals surface area contributed by atoms with E-state index in [0.717, 1.165) is 62.6 Å². The molecular weight excluding hydrogens is 422 g/mol. The van der Waals surface area contributed by atoms with Crippen LogP contribution < -0.4 is 10.6 Å². The van der Waals surface area contributed by atoms with Crippen molar-refractivity contribution < 1.29 is 9.90 Å². The summed E-state index contributed by atoms with van der Waals surface area (Å²) in [7, 11) is 1.97. The summed E-state index contributed by atoms with van der Waals surface area (Å²) in [6.45, 7) is 2.23. The second-order valence-electron chi connectivity index (χ2n) is 11.4. The Labute approximate surface area is 207 Å². The van der Waals surface area contributed by atoms with Crippen LogP contribution >= 0.6 is 0 Å². The molecule has 2 saturated carbocycles. The molecule has 1 aromatic carbocycles. The average Bonchev–Trinajstić information content (AvgIpc) is 3.70. The summed E-state index contributed by atoms with van der Waals surface area (Å²) in [4.78, 5) is 15.3. The highest BCUT2D eigenvalue weighted by atomic mass is 16.3. The number of hydrogen-bond acceptors (Lipinski definition) is 3. The van der Waals surface area contributed by atoms with Crippen molar-refractivity contribution in [2.45, 2.75) is 95.1 Å². The van der Waals surface area contributed by atoms with E-state index in [1.54, 1.807) is 0 Å². The van der Waals surface area contributed by atoms with Crippen molar-refractivity contribution in [1.29, 1.82) is 0 Å². The number of piperidine rings is 1. The topological polar surface area (TPSA) is 64.6 Å². The van der Waals surface area contributed by atoms with E-state index in [1.807, 2.05) is 30.1 Å². The Morgan fingerprint density at radius 2 is 1.82 bits per heavy atom. The number of hydrogen-bond donors (Lipinski definition) is 3. The second-order valence-corrected chi connectivity index (χ2v) is 11.4. The van der Waals surface area contributed by atoms with Gasteiger partial charge in [-0.15, -0.1) is 0 Å². The third-order valence-corrected chi connectivity index (χ3v) is 8.65. The summed E-state index contributed by atoms with van der Waals surface area (Å²) in [5.41, 5.74) is 0.157. The van der Waals surface area contributed by atoms with Gasteiger partial charge >= 0.3 is 6.03 Å². The predicted octanol–water partition coefficient (Wildman–Crippen LogP) is 5.43. The van der Waals surface area contributed by atoms with Crippen LogP contribution in [0.5, 0.6) is 0 Å². The second kappa shape index (κ2) is 12.4. The molecule has 1 heterocycles. The van der Waals surface area contributed by atoms with E-state index in [0.29, 0.717) is 6.54 Å². The van der Waals surface area contributed by atoms with Crippen LogP contribution in [0.15, 0.2) is 30.3 Å². The third kappa shape index (κ3) is 6.97. The van der Waals surface area contributed by atoms with E-state index < -0.39 is 5.60 Å². The Hall–Kier alpha value is -1.59. The quantitative estimate of drug-likeness (QED) is 0.405. The van der Waals surface area contributed by atoms with Crippen molar-refractivity contribution in [2.75, 3.05) is 26.7 Å². The van der Waals surface area contributed by atoms with Crippen molar-refractivity contribution in [1.82, 2.24) is 15.5 Å². The van der Waals surface area contributed by atoms with E-state index in [9.17, 15) is 9.90 Å². The fourth-order valence-electron chi connectivity index (χ4n) is 6.46. The average molecular weight is 470 g/mol. The lowest BCUT2D eigenvalue weighted by Gasteiger charge is -2.43. The molecule has 5 nitrogen and oxygen atoms in total. The van der Waals surface area contributed by atoms with Gasteiger partial charge in [0, 0.05) is 31.6 Å². The molecule has 34 heavy (non-hydrogen) atoms. The molecule has 0 aromatic heterocycles. The molecule has 0 bridgehead atoms. The molecule has 0 spiro atoms. The maximum atomic E-state index is 13.4. The fraction of sp³-hybridized carbons (Fsp3) is 0.759. The van der Waals surface area contributed by atoms with Gasteiger partial charge in [-0.2, -0.15) is 0 Å². The van der Waals surface area contributed by atoms with Crippen LogP contribution in [0.1, 0.15) is 89.0 Å². The molecule has 5 heteroatoms. The molecule has 3 fully saturated rings. The van der Waals surface area contributed by atoms with E-state index in [2.05, 4.69) is 22.8 Å². The summed E-state index contributed by atoms with van der Waals surface area (Å²) in [6, 6.07) is 10.4. The monoisotopic (exact) mass is 469 g/mol. The number of carbonyl (C=O) groups excluding carboxylic acids is 1. The zero-order chi connectivity index (χ0) is 23.8. The van der Waals surface area contributed by atoms with Crippen molar-refractivity contribution in [3.8, 4) is 0 Å². The largest absolute Gasteiger partial charge is 0.385 e. The molecule has 1 aromatic rings. The minimum Gasteiger partial charge on any atom is -0.385 e. The van der Waals surface area contributed by atoms with Crippen LogP contribution in [0.3, 0.4) is 0 Å². The SMILES string of the molecule is CNC[C@H](CC1CCCCC1)NC(=O)N1CCC[C@@H](C(O)(CCCC2CC2)c2ccccc2)C1. The van der Waals surface area contributed by atoms with Crippen LogP contribution in [0, 0.1) is 17.8 Å². The lowest BCUT2D eigenvalue weighted by Crippen LogP contribution is -2.54. The van der Waals surface area contributed by atoms with Gasteiger partial charge in [-0.05, 0) is 56.6 Å². The highest BCUT2D eigenvalue weighted by molar-refractivity contribution is 5.74. The molecule has 3 N–H and O–H groups in total. The third-order valence-electron chi connectivity index (χ3n) is 8.65. The van der Waals surface area contributed by atoms with Crippen LogP contribution in [-0.2, 0) is 5.60 Å². The van der Waals surface area contributed by atoms with Crippen LogP contribution in [0.4, 0.5) is 4.79 Å². The molecule has 1 unspecified atom stereocenters. The van der Waals surface area contributed by atoms with E-state index in [1.165, 1.54) is 51.4 Å². The summed E-state index contributed by atoms with van der Waals surface area (Å²) >= 11 is 0. The molecule has 0 radical (unpaired) electrons. The summed E-state index contributed by atoms with van der Waals surface area (Å²) < 4.78 is 0. The molecule has 4 rings (SSSR count). The minimum absolute atomic E-state index is 0.0501. The van der Waals surface area contributed by atoms with Crippen molar-refractivity contribution in [2.24, 2.45) is 17.8 Å². The Kier molecular flexibility index (Phi) is 9.30. The molecule has 190 valence electrons. The van der Waals surface area contributed by atoms with Gasteiger partial charge in [0.1, 0.15) is 0 Å². The van der Waals surface area contributed by atoms with Crippen LogP contribution in [0.2, 0.25) is 0 Å². The van der Waals surface area contributed by atoms with Crippen molar-refractivity contribution in [3.05, 3.63) is 35.9 Å². The van der Waals surface area contributed by atoms with Gasteiger partial charge in [-0.25, -0.2) is 4.79 Å². The van der Waals surface area contributed by atoms with Gasteiger partial charge in [-0.3, -0.25) is 0 Å². The number of nitrogens with one attached hydrogen (secondary N) is 2. The number of likely N-dealkylation sites (tertiary alicyclic amines) is 1. The molecule has 1 saturated heterocycles. The fourth-order valence-corrected chi connectivity index (χ4v) is 6.46.